The minimum Gasteiger partial charge on any atom is -0.482 e. The first kappa shape index (κ1) is 24.8. The zero-order valence-corrected chi connectivity index (χ0v) is 20.8. The number of benzene rings is 4. The van der Waals surface area contributed by atoms with Gasteiger partial charge >= 0.3 is 5.97 Å². The van der Waals surface area contributed by atoms with Crippen LogP contribution < -0.4 is 4.74 Å². The van der Waals surface area contributed by atoms with Gasteiger partial charge < -0.3 is 9.47 Å². The fourth-order valence-corrected chi connectivity index (χ4v) is 6.45. The molecule has 37 heavy (non-hydrogen) atoms. The van der Waals surface area contributed by atoms with Crippen molar-refractivity contribution in [1.29, 1.82) is 0 Å². The van der Waals surface area contributed by atoms with Crippen LogP contribution in [0, 0.1) is 11.6 Å². The number of hydrogen-bond donors (Lipinski definition) is 0. The number of ether oxygens (including phenoxy) is 2. The van der Waals surface area contributed by atoms with Gasteiger partial charge in [-0.3, -0.25) is 0 Å². The molecule has 0 saturated carbocycles. The number of esters is 1. The lowest BCUT2D eigenvalue weighted by molar-refractivity contribution is -0.162. The minimum atomic E-state index is -1.06. The van der Waals surface area contributed by atoms with Crippen LogP contribution in [0.3, 0.4) is 0 Å². The summed E-state index contributed by atoms with van der Waals surface area (Å²) in [6.45, 7) is -0.298. The molecule has 6 heteroatoms. The molecule has 1 aliphatic rings. The lowest BCUT2D eigenvalue weighted by atomic mass is 9.91. The Morgan fingerprint density at radius 3 is 1.86 bits per heavy atom. The van der Waals surface area contributed by atoms with Crippen LogP contribution in [0.25, 0.3) is 0 Å². The third-order valence-corrected chi connectivity index (χ3v) is 8.42. The summed E-state index contributed by atoms with van der Waals surface area (Å²) >= 11 is 0. The maximum Gasteiger partial charge on any atom is 0.345 e. The van der Waals surface area contributed by atoms with E-state index in [0.29, 0.717) is 24.2 Å². The van der Waals surface area contributed by atoms with Gasteiger partial charge in [0.15, 0.2) is 32.9 Å². The highest BCUT2D eigenvalue weighted by atomic mass is 32.2. The molecule has 0 bridgehead atoms. The number of halogens is 2. The van der Waals surface area contributed by atoms with Crippen LogP contribution in [0.2, 0.25) is 0 Å². The summed E-state index contributed by atoms with van der Waals surface area (Å²) in [7, 11) is -0.281. The van der Waals surface area contributed by atoms with Crippen LogP contribution in [-0.4, -0.2) is 12.6 Å². The van der Waals surface area contributed by atoms with Crippen LogP contribution in [0.1, 0.15) is 18.4 Å². The van der Waals surface area contributed by atoms with Gasteiger partial charge in [0.1, 0.15) is 11.4 Å². The molecule has 0 unspecified atom stereocenters. The molecule has 0 spiro atoms. The van der Waals surface area contributed by atoms with Crippen LogP contribution in [-0.2, 0) is 26.0 Å². The second kappa shape index (κ2) is 11.0. The van der Waals surface area contributed by atoms with Gasteiger partial charge in [-0.1, -0.05) is 54.6 Å². The van der Waals surface area contributed by atoms with Gasteiger partial charge in [0, 0.05) is 12.8 Å². The van der Waals surface area contributed by atoms with Gasteiger partial charge in [-0.25, -0.2) is 13.6 Å². The highest BCUT2D eigenvalue weighted by molar-refractivity contribution is 7.97. The van der Waals surface area contributed by atoms with E-state index in [-0.39, 0.29) is 17.5 Å². The average Bonchev–Trinajstić information content (AvgIpc) is 3.40. The Balaban J connectivity index is 1.28. The van der Waals surface area contributed by atoms with Gasteiger partial charge in [-0.2, -0.15) is 0 Å². The Morgan fingerprint density at radius 2 is 1.30 bits per heavy atom. The summed E-state index contributed by atoms with van der Waals surface area (Å²) in [5.41, 5.74) is -0.638. The van der Waals surface area contributed by atoms with E-state index in [4.69, 9.17) is 9.47 Å². The minimum absolute atomic E-state index is 0.281. The molecule has 0 aromatic heterocycles. The lowest BCUT2D eigenvalue weighted by Crippen LogP contribution is -2.32. The van der Waals surface area contributed by atoms with Gasteiger partial charge in [-0.15, -0.1) is 0 Å². The fourth-order valence-electron chi connectivity index (χ4n) is 4.37. The van der Waals surface area contributed by atoms with Crippen molar-refractivity contribution in [1.82, 2.24) is 0 Å². The van der Waals surface area contributed by atoms with E-state index >= 15 is 0 Å². The maximum absolute atomic E-state index is 13.9. The number of carbonyl (C=O) groups is 1. The number of rotatable bonds is 8. The molecule has 0 aliphatic heterocycles. The van der Waals surface area contributed by atoms with Gasteiger partial charge in [-0.05, 0) is 66.2 Å². The van der Waals surface area contributed by atoms with Crippen molar-refractivity contribution in [3.8, 4) is 5.75 Å². The van der Waals surface area contributed by atoms with E-state index in [2.05, 4.69) is 24.3 Å². The SMILES string of the molecule is O=C(COc1ccc([S+](c2ccccc2)c2ccccc2)cc1)OC1(c2ccc(F)c(F)c2)CC=CC1. The largest absolute Gasteiger partial charge is 0.482 e. The quantitative estimate of drug-likeness (QED) is 0.141. The van der Waals surface area contributed by atoms with E-state index in [0.717, 1.165) is 17.0 Å². The zero-order chi connectivity index (χ0) is 25.7. The van der Waals surface area contributed by atoms with Crippen molar-refractivity contribution < 1.29 is 23.0 Å². The van der Waals surface area contributed by atoms with Crippen molar-refractivity contribution >= 4 is 16.9 Å². The molecule has 4 aromatic rings. The molecule has 0 atom stereocenters. The third-order valence-electron chi connectivity index (χ3n) is 6.19. The highest BCUT2D eigenvalue weighted by Crippen LogP contribution is 2.39. The normalized spacial score (nSPS) is 14.0. The second-order valence-corrected chi connectivity index (χ2v) is 10.7. The van der Waals surface area contributed by atoms with E-state index < -0.39 is 23.2 Å². The summed E-state index contributed by atoms with van der Waals surface area (Å²) in [6, 6.07) is 31.9. The molecular formula is C31H25F2O3S+. The van der Waals surface area contributed by atoms with Crippen LogP contribution in [0.15, 0.2) is 130 Å². The molecule has 186 valence electrons. The lowest BCUT2D eigenvalue weighted by Gasteiger charge is -2.29. The van der Waals surface area contributed by atoms with E-state index in [9.17, 15) is 13.6 Å². The number of carbonyl (C=O) groups excluding carboxylic acids is 1. The van der Waals surface area contributed by atoms with Gasteiger partial charge in [0.05, 0.1) is 10.9 Å². The standard InChI is InChI=1S/C31H25F2O3S/c32-28-18-13-23(21-29(28)33)31(19-7-8-20-31)36-30(34)22-35-24-14-16-27(17-15-24)37(25-9-3-1-4-10-25)26-11-5-2-6-12-26/h1-18,21H,19-20,22H2/q+1. The fraction of sp³-hybridized carbons (Fsp3) is 0.129. The smallest absolute Gasteiger partial charge is 0.345 e. The van der Waals surface area contributed by atoms with Gasteiger partial charge in [0.2, 0.25) is 0 Å². The topological polar surface area (TPSA) is 35.5 Å². The predicted octanol–water partition coefficient (Wildman–Crippen LogP) is 7.23. The third kappa shape index (κ3) is 5.59. The van der Waals surface area contributed by atoms with Crippen LogP contribution in [0.4, 0.5) is 8.78 Å². The van der Waals surface area contributed by atoms with Crippen LogP contribution in [0.5, 0.6) is 5.75 Å². The molecule has 0 saturated heterocycles. The van der Waals surface area contributed by atoms with E-state index in [1.807, 2.05) is 72.8 Å². The maximum atomic E-state index is 13.9. The Kier molecular flexibility index (Phi) is 7.37. The molecule has 0 radical (unpaired) electrons. The Morgan fingerprint density at radius 1 is 0.730 bits per heavy atom. The van der Waals surface area contributed by atoms with Crippen molar-refractivity contribution in [2.75, 3.05) is 6.61 Å². The summed E-state index contributed by atoms with van der Waals surface area (Å²) in [6.07, 6.45) is 4.51. The zero-order valence-electron chi connectivity index (χ0n) is 20.0. The van der Waals surface area contributed by atoms with E-state index in [1.165, 1.54) is 15.9 Å². The molecule has 3 nitrogen and oxygen atoms in total. The molecule has 1 aliphatic carbocycles. The molecule has 5 rings (SSSR count). The molecule has 0 N–H and O–H groups in total. The first-order valence-electron chi connectivity index (χ1n) is 11.9. The molecule has 0 heterocycles. The Labute approximate surface area is 217 Å². The van der Waals surface area contributed by atoms with Crippen LogP contribution >= 0.6 is 0 Å². The average molecular weight is 516 g/mol. The van der Waals surface area contributed by atoms with E-state index in [1.54, 1.807) is 0 Å². The molecule has 4 aromatic carbocycles. The summed E-state index contributed by atoms with van der Waals surface area (Å²) in [4.78, 5) is 16.2. The molecule has 0 fully saturated rings. The monoisotopic (exact) mass is 515 g/mol. The summed E-state index contributed by atoms with van der Waals surface area (Å²) in [5.74, 6) is -1.95. The molecule has 0 amide bonds. The first-order valence-corrected chi connectivity index (χ1v) is 13.2. The highest BCUT2D eigenvalue weighted by Gasteiger charge is 2.38. The first-order chi connectivity index (χ1) is 18.0. The summed E-state index contributed by atoms with van der Waals surface area (Å²) in [5, 5.41) is 0. The number of hydrogen-bond acceptors (Lipinski definition) is 3. The summed E-state index contributed by atoms with van der Waals surface area (Å²) < 4.78 is 38.8. The molecular weight excluding hydrogens is 490 g/mol. The van der Waals surface area contributed by atoms with Crippen molar-refractivity contribution in [3.63, 3.8) is 0 Å². The second-order valence-electron chi connectivity index (χ2n) is 8.67. The Hall–Kier alpha value is -3.90. The predicted molar refractivity (Wildman–Crippen MR) is 139 cm³/mol. The van der Waals surface area contributed by atoms with Crippen molar-refractivity contribution in [2.24, 2.45) is 0 Å². The van der Waals surface area contributed by atoms with Crippen molar-refractivity contribution in [3.05, 3.63) is 132 Å². The Bertz CT molecular complexity index is 1340. The van der Waals surface area contributed by atoms with Gasteiger partial charge in [0.25, 0.3) is 0 Å². The van der Waals surface area contributed by atoms with Crippen molar-refractivity contribution in [2.45, 2.75) is 33.1 Å².